The van der Waals surface area contributed by atoms with Crippen molar-refractivity contribution in [2.45, 2.75) is 18.3 Å². The summed E-state index contributed by atoms with van der Waals surface area (Å²) in [6.45, 7) is 0. The first-order valence-corrected chi connectivity index (χ1v) is 3.26. The Hall–Kier alpha value is -1.06. The zero-order valence-corrected chi connectivity index (χ0v) is 5.59. The Kier molecular flexibility index (Phi) is 1.19. The van der Waals surface area contributed by atoms with E-state index in [4.69, 9.17) is 0 Å². The predicted molar refractivity (Wildman–Crippen MR) is 33.2 cm³/mol. The van der Waals surface area contributed by atoms with Crippen molar-refractivity contribution in [3.8, 4) is 0 Å². The third-order valence-corrected chi connectivity index (χ3v) is 1.77. The van der Waals surface area contributed by atoms with Crippen molar-refractivity contribution in [1.82, 2.24) is 9.97 Å². The van der Waals surface area contributed by atoms with E-state index in [2.05, 4.69) is 16.3 Å². The molecule has 0 spiro atoms. The second-order valence-electron chi connectivity index (χ2n) is 2.63. The molecule has 1 fully saturated rings. The van der Waals surface area contributed by atoms with Crippen molar-refractivity contribution in [3.63, 3.8) is 0 Å². The molecular weight excluding hydrogens is 150 g/mol. The van der Waals surface area contributed by atoms with E-state index in [1.54, 1.807) is 0 Å². The smallest absolute Gasteiger partial charge is 0.233 e. The summed E-state index contributed by atoms with van der Waals surface area (Å²) in [5.41, 5.74) is 0.508. The van der Waals surface area contributed by atoms with Gasteiger partial charge in [0.25, 0.3) is 5.92 Å². The lowest BCUT2D eigenvalue weighted by atomic mass is 10.2. The normalized spacial score (nSPS) is 26.5. The van der Waals surface area contributed by atoms with Crippen molar-refractivity contribution >= 4 is 0 Å². The van der Waals surface area contributed by atoms with Gasteiger partial charge in [0, 0.05) is 18.8 Å². The van der Waals surface area contributed by atoms with Crippen LogP contribution in [0.15, 0.2) is 12.4 Å². The maximum Gasteiger partial charge on any atom is 0.256 e. The van der Waals surface area contributed by atoms with Gasteiger partial charge in [0.1, 0.15) is 0 Å². The highest BCUT2D eigenvalue weighted by Crippen LogP contribution is 2.55. The van der Waals surface area contributed by atoms with Crippen LogP contribution in [-0.4, -0.2) is 15.9 Å². The van der Waals surface area contributed by atoms with E-state index in [1.165, 1.54) is 12.4 Å². The van der Waals surface area contributed by atoms with Gasteiger partial charge in [0.05, 0.1) is 5.92 Å². The van der Waals surface area contributed by atoms with Crippen LogP contribution in [0.25, 0.3) is 0 Å². The lowest BCUT2D eigenvalue weighted by Gasteiger charge is -1.94. The van der Waals surface area contributed by atoms with Gasteiger partial charge >= 0.3 is 0 Å². The molecule has 2 nitrogen and oxygen atoms in total. The van der Waals surface area contributed by atoms with Crippen LogP contribution in [-0.2, 0) is 0 Å². The van der Waals surface area contributed by atoms with Crippen LogP contribution < -0.4 is 0 Å². The molecule has 0 N–H and O–H groups in total. The first-order valence-electron chi connectivity index (χ1n) is 3.26. The van der Waals surface area contributed by atoms with Crippen LogP contribution in [0, 0.1) is 6.33 Å². The highest BCUT2D eigenvalue weighted by Gasteiger charge is 2.57. The Balaban J connectivity index is 2.21. The summed E-state index contributed by atoms with van der Waals surface area (Å²) < 4.78 is 24.8. The van der Waals surface area contributed by atoms with Crippen molar-refractivity contribution < 1.29 is 8.78 Å². The number of rotatable bonds is 1. The summed E-state index contributed by atoms with van der Waals surface area (Å²) in [6.07, 6.45) is 5.00. The molecule has 1 unspecified atom stereocenters. The molecule has 0 bridgehead atoms. The maximum atomic E-state index is 12.4. The molecule has 1 aliphatic rings. The zero-order chi connectivity index (χ0) is 7.90. The van der Waals surface area contributed by atoms with E-state index < -0.39 is 11.8 Å². The SMILES string of the molecule is FC1(F)CC1c1cn[c]nc1. The first-order chi connectivity index (χ1) is 5.20. The number of nitrogens with zero attached hydrogens (tertiary/aromatic N) is 2. The summed E-state index contributed by atoms with van der Waals surface area (Å²) in [4.78, 5) is 7.08. The quantitative estimate of drug-likeness (QED) is 0.612. The molecule has 0 aliphatic heterocycles. The minimum absolute atomic E-state index is 0.0691. The fourth-order valence-corrected chi connectivity index (χ4v) is 1.03. The fourth-order valence-electron chi connectivity index (χ4n) is 1.03. The van der Waals surface area contributed by atoms with E-state index in [9.17, 15) is 8.78 Å². The molecular formula is C7H5F2N2. The van der Waals surface area contributed by atoms with Crippen LogP contribution in [0.2, 0.25) is 0 Å². The van der Waals surface area contributed by atoms with Gasteiger partial charge < -0.3 is 0 Å². The summed E-state index contributed by atoms with van der Waals surface area (Å²) in [6, 6.07) is 0. The predicted octanol–water partition coefficient (Wildman–Crippen LogP) is 1.40. The summed E-state index contributed by atoms with van der Waals surface area (Å²) in [7, 11) is 0. The Morgan fingerprint density at radius 2 is 2.00 bits per heavy atom. The number of alkyl halides is 2. The minimum atomic E-state index is -2.52. The molecule has 4 heteroatoms. The van der Waals surface area contributed by atoms with E-state index in [0.29, 0.717) is 5.56 Å². The van der Waals surface area contributed by atoms with Gasteiger partial charge in [-0.2, -0.15) is 0 Å². The monoisotopic (exact) mass is 155 g/mol. The van der Waals surface area contributed by atoms with Crippen molar-refractivity contribution in [1.29, 1.82) is 0 Å². The third kappa shape index (κ3) is 1.08. The lowest BCUT2D eigenvalue weighted by Crippen LogP contribution is -1.93. The van der Waals surface area contributed by atoms with E-state index in [-0.39, 0.29) is 6.42 Å². The molecule has 0 aromatic carbocycles. The molecule has 2 rings (SSSR count). The second kappa shape index (κ2) is 1.96. The van der Waals surface area contributed by atoms with Gasteiger partial charge in [-0.05, 0) is 5.56 Å². The molecule has 57 valence electrons. The Labute approximate surface area is 62.3 Å². The Morgan fingerprint density at radius 1 is 1.45 bits per heavy atom. The summed E-state index contributed by atoms with van der Waals surface area (Å²) in [5.74, 6) is -3.18. The molecule has 1 aliphatic carbocycles. The molecule has 1 radical (unpaired) electrons. The molecule has 11 heavy (non-hydrogen) atoms. The molecule has 1 aromatic rings. The average molecular weight is 155 g/mol. The molecule has 1 heterocycles. The van der Waals surface area contributed by atoms with Crippen molar-refractivity contribution in [2.75, 3.05) is 0 Å². The largest absolute Gasteiger partial charge is 0.256 e. The Morgan fingerprint density at radius 3 is 2.45 bits per heavy atom. The highest BCUT2D eigenvalue weighted by molar-refractivity contribution is 5.23. The number of aromatic nitrogens is 2. The van der Waals surface area contributed by atoms with Crippen molar-refractivity contribution in [3.05, 3.63) is 24.3 Å². The second-order valence-corrected chi connectivity index (χ2v) is 2.63. The number of hydrogen-bond acceptors (Lipinski definition) is 2. The lowest BCUT2D eigenvalue weighted by molar-refractivity contribution is 0.112. The number of hydrogen-bond donors (Lipinski definition) is 0. The standard InChI is InChI=1S/C7H5F2N2/c8-7(9)1-6(7)5-2-10-4-11-3-5/h2-3,6H,1H2. The highest BCUT2D eigenvalue weighted by atomic mass is 19.3. The minimum Gasteiger partial charge on any atom is -0.233 e. The molecule has 0 amide bonds. The zero-order valence-electron chi connectivity index (χ0n) is 5.59. The fraction of sp³-hybridized carbons (Fsp3) is 0.429. The average Bonchev–Trinajstić information content (AvgIpc) is 2.62. The van der Waals surface area contributed by atoms with Gasteiger partial charge in [-0.25, -0.2) is 18.7 Å². The van der Waals surface area contributed by atoms with Crippen LogP contribution in [0.4, 0.5) is 8.78 Å². The third-order valence-electron chi connectivity index (χ3n) is 1.77. The first kappa shape index (κ1) is 6.64. The molecule has 1 aromatic heterocycles. The topological polar surface area (TPSA) is 25.8 Å². The van der Waals surface area contributed by atoms with E-state index in [0.717, 1.165) is 0 Å². The van der Waals surface area contributed by atoms with Gasteiger partial charge in [-0.15, -0.1) is 0 Å². The van der Waals surface area contributed by atoms with Gasteiger partial charge in [-0.1, -0.05) is 0 Å². The molecule has 0 saturated heterocycles. The van der Waals surface area contributed by atoms with Gasteiger partial charge in [0.2, 0.25) is 0 Å². The van der Waals surface area contributed by atoms with Crippen LogP contribution in [0.5, 0.6) is 0 Å². The summed E-state index contributed by atoms with van der Waals surface area (Å²) in [5, 5.41) is 0. The molecule has 1 saturated carbocycles. The summed E-state index contributed by atoms with van der Waals surface area (Å²) >= 11 is 0. The van der Waals surface area contributed by atoms with Crippen molar-refractivity contribution in [2.24, 2.45) is 0 Å². The van der Waals surface area contributed by atoms with Crippen LogP contribution >= 0.6 is 0 Å². The van der Waals surface area contributed by atoms with Gasteiger partial charge in [-0.3, -0.25) is 0 Å². The molecule has 1 atom stereocenters. The number of halogens is 2. The van der Waals surface area contributed by atoms with Crippen LogP contribution in [0.3, 0.4) is 0 Å². The van der Waals surface area contributed by atoms with E-state index in [1.807, 2.05) is 0 Å². The van der Waals surface area contributed by atoms with Gasteiger partial charge in [0.15, 0.2) is 6.33 Å². The maximum absolute atomic E-state index is 12.4. The van der Waals surface area contributed by atoms with Crippen LogP contribution in [0.1, 0.15) is 17.9 Å². The Bertz CT molecular complexity index is 260. The van der Waals surface area contributed by atoms with E-state index >= 15 is 0 Å².